The van der Waals surface area contributed by atoms with Crippen LogP contribution in [-0.4, -0.2) is 54.9 Å². The lowest BCUT2D eigenvalue weighted by Gasteiger charge is -2.32. The molecule has 6 heteroatoms. The second kappa shape index (κ2) is 19.8. The highest BCUT2D eigenvalue weighted by atomic mass is 16.7. The molecule has 1 saturated heterocycles. The van der Waals surface area contributed by atoms with E-state index in [1.165, 1.54) is 88.2 Å². The van der Waals surface area contributed by atoms with Crippen molar-refractivity contribution >= 4 is 0 Å². The number of hydrogen-bond acceptors (Lipinski definition) is 6. The summed E-state index contributed by atoms with van der Waals surface area (Å²) in [7, 11) is 0. The number of aryl methyl sites for hydroxylation is 2. The van der Waals surface area contributed by atoms with Gasteiger partial charge in [-0.1, -0.05) is 57.5 Å². The van der Waals surface area contributed by atoms with Crippen molar-refractivity contribution in [2.24, 2.45) is 17.8 Å². The van der Waals surface area contributed by atoms with Gasteiger partial charge in [-0.3, -0.25) is 0 Å². The second-order valence-corrected chi connectivity index (χ2v) is 14.5. The summed E-state index contributed by atoms with van der Waals surface area (Å²) in [6.07, 6.45) is 19.8. The fourth-order valence-electron chi connectivity index (χ4n) is 7.15. The summed E-state index contributed by atoms with van der Waals surface area (Å²) in [5.41, 5.74) is 3.73. The number of aromatic nitrogens is 2. The maximum Gasteiger partial charge on any atom is 0.180 e. The van der Waals surface area contributed by atoms with Gasteiger partial charge in [-0.15, -0.1) is 0 Å². The van der Waals surface area contributed by atoms with Crippen molar-refractivity contribution in [3.05, 3.63) is 59.2 Å². The van der Waals surface area contributed by atoms with Crippen LogP contribution < -0.4 is 0 Å². The fourth-order valence-corrected chi connectivity index (χ4v) is 7.15. The molecule has 2 heterocycles. The molecule has 0 atom stereocenters. The number of benzene rings is 1. The van der Waals surface area contributed by atoms with Gasteiger partial charge in [0.1, 0.15) is 5.82 Å². The molecule has 0 radical (unpaired) electrons. The first-order valence-electron chi connectivity index (χ1n) is 18.7. The molecule has 46 heavy (non-hydrogen) atoms. The zero-order chi connectivity index (χ0) is 32.7. The first kappa shape index (κ1) is 37.0. The van der Waals surface area contributed by atoms with Crippen molar-refractivity contribution in [2.45, 2.75) is 149 Å². The van der Waals surface area contributed by atoms with E-state index in [4.69, 9.17) is 18.9 Å². The van der Waals surface area contributed by atoms with Gasteiger partial charge in [0, 0.05) is 30.8 Å². The Balaban J connectivity index is 0.000000198. The standard InChI is InChI=1S/C19H30N2O.C19H28O3.C2H6/c1-14-3-9-18(10-4-14)22-13-16-5-7-17(8-6-16)19-20-11-15(2)12-21-19;1-14-3-7-16(8-4-14)17-11-21-19(22-12-17)13-20-18-9-5-15(2)6-10-18;1-2/h11-12,14,16-18H,3-10,13H2,1-2H3;3-4,7-8,15,17-19H,5-6,9-13H2,1-2H3;1-2H3. The van der Waals surface area contributed by atoms with Crippen molar-refractivity contribution in [3.63, 3.8) is 0 Å². The Hall–Kier alpha value is -1.86. The molecule has 6 nitrogen and oxygen atoms in total. The zero-order valence-corrected chi connectivity index (χ0v) is 29.9. The summed E-state index contributed by atoms with van der Waals surface area (Å²) in [6.45, 7) is 15.8. The molecule has 258 valence electrons. The quantitative estimate of drug-likeness (QED) is 0.287. The molecule has 0 amide bonds. The molecular formula is C40H64N2O4. The predicted octanol–water partition coefficient (Wildman–Crippen LogP) is 9.73. The molecule has 1 aromatic carbocycles. The minimum atomic E-state index is -0.193. The molecule has 0 unspecified atom stereocenters. The minimum absolute atomic E-state index is 0.193. The molecule has 2 aromatic rings. The Morgan fingerprint density at radius 1 is 0.609 bits per heavy atom. The molecule has 1 aromatic heterocycles. The van der Waals surface area contributed by atoms with E-state index in [1.807, 2.05) is 33.2 Å². The summed E-state index contributed by atoms with van der Waals surface area (Å²) in [5.74, 6) is 4.47. The smallest absolute Gasteiger partial charge is 0.180 e. The molecule has 0 N–H and O–H groups in total. The van der Waals surface area contributed by atoms with Crippen LogP contribution in [0.4, 0.5) is 0 Å². The van der Waals surface area contributed by atoms with E-state index in [9.17, 15) is 0 Å². The molecule has 4 aliphatic rings. The van der Waals surface area contributed by atoms with Gasteiger partial charge < -0.3 is 18.9 Å². The highest BCUT2D eigenvalue weighted by molar-refractivity contribution is 5.24. The molecular weight excluding hydrogens is 572 g/mol. The average Bonchev–Trinajstić information content (AvgIpc) is 3.10. The van der Waals surface area contributed by atoms with Crippen LogP contribution in [-0.2, 0) is 18.9 Å². The van der Waals surface area contributed by atoms with Crippen LogP contribution in [0, 0.1) is 31.6 Å². The third-order valence-corrected chi connectivity index (χ3v) is 10.5. The van der Waals surface area contributed by atoms with Crippen LogP contribution in [0.25, 0.3) is 0 Å². The van der Waals surface area contributed by atoms with E-state index in [2.05, 4.69) is 55.0 Å². The lowest BCUT2D eigenvalue weighted by Crippen LogP contribution is -2.35. The van der Waals surface area contributed by atoms with E-state index >= 15 is 0 Å². The summed E-state index contributed by atoms with van der Waals surface area (Å²) in [5, 5.41) is 0. The monoisotopic (exact) mass is 636 g/mol. The van der Waals surface area contributed by atoms with Crippen LogP contribution in [0.2, 0.25) is 0 Å². The molecule has 0 bridgehead atoms. The molecule has 3 aliphatic carbocycles. The number of rotatable bonds is 8. The van der Waals surface area contributed by atoms with Gasteiger partial charge in [-0.05, 0) is 120 Å². The lowest BCUT2D eigenvalue weighted by molar-refractivity contribution is -0.217. The molecule has 0 spiro atoms. The van der Waals surface area contributed by atoms with E-state index in [-0.39, 0.29) is 6.29 Å². The highest BCUT2D eigenvalue weighted by Crippen LogP contribution is 2.35. The molecule has 1 aliphatic heterocycles. The predicted molar refractivity (Wildman–Crippen MR) is 187 cm³/mol. The Bertz CT molecular complexity index is 974. The summed E-state index contributed by atoms with van der Waals surface area (Å²) >= 11 is 0. The fraction of sp³-hybridized carbons (Fsp3) is 0.750. The number of nitrogens with zero attached hydrogens (tertiary/aromatic N) is 2. The summed E-state index contributed by atoms with van der Waals surface area (Å²) < 4.78 is 23.9. The van der Waals surface area contributed by atoms with Crippen LogP contribution in [0.5, 0.6) is 0 Å². The largest absolute Gasteiger partial charge is 0.378 e. The van der Waals surface area contributed by atoms with Gasteiger partial charge in [-0.25, -0.2) is 9.97 Å². The molecule has 6 rings (SSSR count). The number of ether oxygens (including phenoxy) is 4. The van der Waals surface area contributed by atoms with Gasteiger partial charge in [0.25, 0.3) is 0 Å². The van der Waals surface area contributed by atoms with Gasteiger partial charge in [0.05, 0.1) is 32.0 Å². The van der Waals surface area contributed by atoms with E-state index < -0.39 is 0 Å². The van der Waals surface area contributed by atoms with Crippen molar-refractivity contribution in [2.75, 3.05) is 26.4 Å². The van der Waals surface area contributed by atoms with Crippen molar-refractivity contribution in [1.82, 2.24) is 9.97 Å². The van der Waals surface area contributed by atoms with Gasteiger partial charge in [0.2, 0.25) is 0 Å². The van der Waals surface area contributed by atoms with Gasteiger partial charge in [0.15, 0.2) is 6.29 Å². The average molecular weight is 637 g/mol. The van der Waals surface area contributed by atoms with Crippen LogP contribution >= 0.6 is 0 Å². The maximum absolute atomic E-state index is 6.20. The van der Waals surface area contributed by atoms with Crippen molar-refractivity contribution in [3.8, 4) is 0 Å². The summed E-state index contributed by atoms with van der Waals surface area (Å²) in [4.78, 5) is 9.02. The molecule has 3 saturated carbocycles. The van der Waals surface area contributed by atoms with E-state index in [0.717, 1.165) is 49.0 Å². The minimum Gasteiger partial charge on any atom is -0.378 e. The summed E-state index contributed by atoms with van der Waals surface area (Å²) in [6, 6.07) is 8.64. The van der Waals surface area contributed by atoms with Crippen LogP contribution in [0.15, 0.2) is 36.7 Å². The SMILES string of the molecule is CC.Cc1ccc(C2COC(COC3CCC(C)CC3)OC2)cc1.Cc1cnc(C2CCC(COC3CCC(C)CC3)CC2)nc1. The lowest BCUT2D eigenvalue weighted by atomic mass is 9.82. The normalized spacial score (nSPS) is 31.5. The highest BCUT2D eigenvalue weighted by Gasteiger charge is 2.27. The zero-order valence-electron chi connectivity index (χ0n) is 29.9. The Morgan fingerprint density at radius 2 is 1.11 bits per heavy atom. The first-order chi connectivity index (χ1) is 22.4. The van der Waals surface area contributed by atoms with Crippen LogP contribution in [0.3, 0.4) is 0 Å². The van der Waals surface area contributed by atoms with Crippen molar-refractivity contribution in [1.29, 1.82) is 0 Å². The Morgan fingerprint density at radius 3 is 1.63 bits per heavy atom. The van der Waals surface area contributed by atoms with Gasteiger partial charge in [-0.2, -0.15) is 0 Å². The maximum atomic E-state index is 6.20. The van der Waals surface area contributed by atoms with Crippen molar-refractivity contribution < 1.29 is 18.9 Å². The number of hydrogen-bond donors (Lipinski definition) is 0. The second-order valence-electron chi connectivity index (χ2n) is 14.5. The van der Waals surface area contributed by atoms with E-state index in [1.54, 1.807) is 0 Å². The van der Waals surface area contributed by atoms with Gasteiger partial charge >= 0.3 is 0 Å². The Labute approximate surface area is 280 Å². The third kappa shape index (κ3) is 12.3. The first-order valence-corrected chi connectivity index (χ1v) is 18.7. The van der Waals surface area contributed by atoms with E-state index in [0.29, 0.717) is 30.7 Å². The topological polar surface area (TPSA) is 62.7 Å². The Kier molecular flexibility index (Phi) is 15.9. The van der Waals surface area contributed by atoms with Crippen LogP contribution in [0.1, 0.15) is 139 Å². The third-order valence-electron chi connectivity index (χ3n) is 10.5. The molecule has 4 fully saturated rings.